The van der Waals surface area contributed by atoms with E-state index in [-0.39, 0.29) is 17.9 Å². The van der Waals surface area contributed by atoms with Crippen LogP contribution in [0.2, 0.25) is 0 Å². The van der Waals surface area contributed by atoms with Crippen LogP contribution in [-0.4, -0.2) is 48.0 Å². The highest BCUT2D eigenvalue weighted by Crippen LogP contribution is 2.36. The number of rotatable bonds is 2. The Balaban J connectivity index is 1.79. The van der Waals surface area contributed by atoms with Gasteiger partial charge in [-0.3, -0.25) is 4.90 Å². The van der Waals surface area contributed by atoms with E-state index in [4.69, 9.17) is 4.74 Å². The molecule has 4 heteroatoms. The first-order valence-electron chi connectivity index (χ1n) is 7.24. The summed E-state index contributed by atoms with van der Waals surface area (Å²) in [6.45, 7) is 3.29. The average molecular weight is 279 g/mol. The maximum absolute atomic E-state index is 13.2. The molecule has 0 saturated carbocycles. The fourth-order valence-electron chi connectivity index (χ4n) is 3.60. The number of ether oxygens (including phenoxy) is 1. The Morgan fingerprint density at radius 3 is 2.60 bits per heavy atom. The Hall–Kier alpha value is -0.970. The van der Waals surface area contributed by atoms with Gasteiger partial charge in [-0.05, 0) is 50.1 Å². The van der Waals surface area contributed by atoms with E-state index in [1.807, 2.05) is 6.92 Å². The largest absolute Gasteiger partial charge is 0.389 e. The van der Waals surface area contributed by atoms with Crippen LogP contribution < -0.4 is 0 Å². The van der Waals surface area contributed by atoms with E-state index in [1.165, 1.54) is 12.1 Å². The molecule has 0 spiro atoms. The van der Waals surface area contributed by atoms with E-state index in [1.54, 1.807) is 6.07 Å². The van der Waals surface area contributed by atoms with Crippen molar-refractivity contribution in [3.05, 3.63) is 35.1 Å². The second-order valence-electron chi connectivity index (χ2n) is 6.39. The Morgan fingerprint density at radius 1 is 1.35 bits per heavy atom. The molecule has 1 aromatic carbocycles. The van der Waals surface area contributed by atoms with Crippen LogP contribution in [0.4, 0.5) is 4.39 Å². The predicted octanol–water partition coefficient (Wildman–Crippen LogP) is 1.90. The van der Waals surface area contributed by atoms with Gasteiger partial charge in [0.1, 0.15) is 5.82 Å². The molecule has 2 unspecified atom stereocenters. The Labute approximate surface area is 119 Å². The van der Waals surface area contributed by atoms with E-state index in [0.717, 1.165) is 24.0 Å². The van der Waals surface area contributed by atoms with Gasteiger partial charge < -0.3 is 9.84 Å². The molecule has 0 radical (unpaired) electrons. The number of morpholine rings is 1. The number of benzene rings is 1. The number of halogens is 1. The van der Waals surface area contributed by atoms with Crippen LogP contribution in [-0.2, 0) is 11.2 Å². The maximum atomic E-state index is 13.2. The molecule has 3 nitrogen and oxygen atoms in total. The molecule has 2 aliphatic heterocycles. The van der Waals surface area contributed by atoms with Gasteiger partial charge in [-0.15, -0.1) is 0 Å². The third-order valence-corrected chi connectivity index (χ3v) is 4.83. The van der Waals surface area contributed by atoms with Crippen LogP contribution in [0.5, 0.6) is 0 Å². The summed E-state index contributed by atoms with van der Waals surface area (Å²) in [6.07, 6.45) is 2.04. The molecule has 2 bridgehead atoms. The molecular formula is C16H22FNO2. The fourth-order valence-corrected chi connectivity index (χ4v) is 3.60. The number of hydrogen-bond donors (Lipinski definition) is 1. The second-order valence-corrected chi connectivity index (χ2v) is 6.39. The van der Waals surface area contributed by atoms with Crippen LogP contribution in [0.15, 0.2) is 18.2 Å². The minimum atomic E-state index is -0.700. The molecule has 0 aliphatic carbocycles. The number of piperidine rings is 1. The van der Waals surface area contributed by atoms with Gasteiger partial charge >= 0.3 is 0 Å². The summed E-state index contributed by atoms with van der Waals surface area (Å²) in [5.74, 6) is -0.216. The number of nitrogens with zero attached hydrogens (tertiary/aromatic N) is 1. The molecule has 2 atom stereocenters. The zero-order chi connectivity index (χ0) is 14.3. The topological polar surface area (TPSA) is 32.7 Å². The Bertz CT molecular complexity index is 491. The summed E-state index contributed by atoms with van der Waals surface area (Å²) in [7, 11) is 2.11. The van der Waals surface area contributed by atoms with Gasteiger partial charge in [0, 0.05) is 18.5 Å². The lowest BCUT2D eigenvalue weighted by molar-refractivity contribution is -0.133. The van der Waals surface area contributed by atoms with E-state index >= 15 is 0 Å². The van der Waals surface area contributed by atoms with Crippen LogP contribution in [0, 0.1) is 12.7 Å². The number of likely N-dealkylation sites (N-methyl/N-ethyl adjacent to an activating group) is 1. The van der Waals surface area contributed by atoms with Crippen molar-refractivity contribution in [1.29, 1.82) is 0 Å². The molecule has 2 fully saturated rings. The molecule has 1 N–H and O–H groups in total. The van der Waals surface area contributed by atoms with E-state index in [2.05, 4.69) is 11.9 Å². The lowest BCUT2D eigenvalue weighted by Gasteiger charge is -2.50. The second kappa shape index (κ2) is 5.10. The number of aryl methyl sites for hydroxylation is 1. The minimum Gasteiger partial charge on any atom is -0.389 e. The molecule has 110 valence electrons. The smallest absolute Gasteiger partial charge is 0.123 e. The van der Waals surface area contributed by atoms with Crippen molar-refractivity contribution in [2.75, 3.05) is 20.3 Å². The van der Waals surface area contributed by atoms with Gasteiger partial charge in [0.05, 0.1) is 18.8 Å². The van der Waals surface area contributed by atoms with Crippen molar-refractivity contribution in [3.63, 3.8) is 0 Å². The van der Waals surface area contributed by atoms with Crippen molar-refractivity contribution >= 4 is 0 Å². The van der Waals surface area contributed by atoms with Gasteiger partial charge in [0.2, 0.25) is 0 Å². The van der Waals surface area contributed by atoms with E-state index < -0.39 is 5.60 Å². The zero-order valence-electron chi connectivity index (χ0n) is 12.1. The first kappa shape index (κ1) is 14.0. The van der Waals surface area contributed by atoms with Crippen molar-refractivity contribution in [2.45, 2.75) is 43.9 Å². The van der Waals surface area contributed by atoms with Gasteiger partial charge in [0.15, 0.2) is 0 Å². The average Bonchev–Trinajstić information content (AvgIpc) is 2.35. The van der Waals surface area contributed by atoms with Crippen LogP contribution in [0.3, 0.4) is 0 Å². The SMILES string of the molecule is Cc1cc(F)ccc1CC1(O)CC2COCC(C1)N2C. The summed E-state index contributed by atoms with van der Waals surface area (Å²) in [4.78, 5) is 2.33. The van der Waals surface area contributed by atoms with Gasteiger partial charge in [-0.1, -0.05) is 6.07 Å². The van der Waals surface area contributed by atoms with E-state index in [9.17, 15) is 9.50 Å². The van der Waals surface area contributed by atoms with Crippen LogP contribution in [0.1, 0.15) is 24.0 Å². The summed E-state index contributed by atoms with van der Waals surface area (Å²) in [5, 5.41) is 11.0. The third-order valence-electron chi connectivity index (χ3n) is 4.83. The highest BCUT2D eigenvalue weighted by molar-refractivity contribution is 5.28. The quantitative estimate of drug-likeness (QED) is 0.897. The van der Waals surface area contributed by atoms with Crippen molar-refractivity contribution in [2.24, 2.45) is 0 Å². The summed E-state index contributed by atoms with van der Waals surface area (Å²) in [6, 6.07) is 5.39. The number of fused-ring (bicyclic) bond motifs is 2. The molecule has 3 rings (SSSR count). The molecule has 2 heterocycles. The highest BCUT2D eigenvalue weighted by atomic mass is 19.1. The van der Waals surface area contributed by atoms with Gasteiger partial charge in [-0.2, -0.15) is 0 Å². The van der Waals surface area contributed by atoms with Crippen molar-refractivity contribution in [3.8, 4) is 0 Å². The van der Waals surface area contributed by atoms with Crippen molar-refractivity contribution < 1.29 is 14.2 Å². The first-order valence-corrected chi connectivity index (χ1v) is 7.24. The van der Waals surface area contributed by atoms with E-state index in [0.29, 0.717) is 19.6 Å². The normalized spacial score (nSPS) is 34.2. The Kier molecular flexibility index (Phi) is 3.56. The third kappa shape index (κ3) is 2.60. The number of aliphatic hydroxyl groups is 1. The molecule has 1 aromatic rings. The minimum absolute atomic E-state index is 0.216. The molecule has 2 aliphatic rings. The first-order chi connectivity index (χ1) is 9.47. The van der Waals surface area contributed by atoms with Gasteiger partial charge in [0.25, 0.3) is 0 Å². The Morgan fingerprint density at radius 2 is 2.00 bits per heavy atom. The molecule has 0 aromatic heterocycles. The van der Waals surface area contributed by atoms with Crippen LogP contribution >= 0.6 is 0 Å². The predicted molar refractivity (Wildman–Crippen MR) is 75.2 cm³/mol. The van der Waals surface area contributed by atoms with Crippen molar-refractivity contribution in [1.82, 2.24) is 4.90 Å². The lowest BCUT2D eigenvalue weighted by atomic mass is 9.77. The fraction of sp³-hybridized carbons (Fsp3) is 0.625. The molecule has 2 saturated heterocycles. The van der Waals surface area contributed by atoms with Crippen LogP contribution in [0.25, 0.3) is 0 Å². The monoisotopic (exact) mass is 279 g/mol. The summed E-state index contributed by atoms with van der Waals surface area (Å²) < 4.78 is 18.8. The zero-order valence-corrected chi connectivity index (χ0v) is 12.1. The molecule has 20 heavy (non-hydrogen) atoms. The highest BCUT2D eigenvalue weighted by Gasteiger charge is 2.44. The molecular weight excluding hydrogens is 257 g/mol. The van der Waals surface area contributed by atoms with Gasteiger partial charge in [-0.25, -0.2) is 4.39 Å². The lowest BCUT2D eigenvalue weighted by Crippen LogP contribution is -2.60. The number of hydrogen-bond acceptors (Lipinski definition) is 3. The molecule has 0 amide bonds. The summed E-state index contributed by atoms with van der Waals surface area (Å²) >= 11 is 0. The standard InChI is InChI=1S/C16H22FNO2/c1-11-5-13(17)4-3-12(11)6-16(19)7-14-9-20-10-15(8-16)18(14)2/h3-5,14-15,19H,6-10H2,1-2H3. The summed E-state index contributed by atoms with van der Waals surface area (Å²) in [5.41, 5.74) is 1.25. The maximum Gasteiger partial charge on any atom is 0.123 e.